The lowest BCUT2D eigenvalue weighted by molar-refractivity contribution is 0.598. The summed E-state index contributed by atoms with van der Waals surface area (Å²) in [6.45, 7) is 6.46. The molecule has 3 aliphatic rings. The van der Waals surface area contributed by atoms with Crippen LogP contribution in [0.2, 0.25) is 0 Å². The van der Waals surface area contributed by atoms with Gasteiger partial charge in [0, 0.05) is 22.1 Å². The molecule has 0 radical (unpaired) electrons. The normalized spacial score (nSPS) is 17.5. The van der Waals surface area contributed by atoms with Gasteiger partial charge in [0.25, 0.3) is 0 Å². The molecule has 0 saturated heterocycles. The van der Waals surface area contributed by atoms with Crippen molar-refractivity contribution in [2.24, 2.45) is 9.98 Å². The lowest BCUT2D eigenvalue weighted by Crippen LogP contribution is -2.39. The molecule has 248 valence electrons. The maximum Gasteiger partial charge on any atom is 0.159 e. The van der Waals surface area contributed by atoms with Crippen LogP contribution in [0.25, 0.3) is 44.3 Å². The van der Waals surface area contributed by atoms with Gasteiger partial charge in [0.1, 0.15) is 0 Å². The van der Waals surface area contributed by atoms with Crippen molar-refractivity contribution in [1.29, 1.82) is 0 Å². The minimum atomic E-state index is -0.409. The van der Waals surface area contributed by atoms with Crippen molar-refractivity contribution in [3.8, 4) is 16.8 Å². The van der Waals surface area contributed by atoms with E-state index < -0.39 is 5.41 Å². The average Bonchev–Trinajstić information content (AvgIpc) is 3.55. The van der Waals surface area contributed by atoms with Crippen molar-refractivity contribution in [2.45, 2.75) is 31.6 Å². The standard InChI is InChI=1S/C49H37N3/c1-32(34-16-5-3-6-17-34)50-48(35-18-7-4-8-19-35)51-33(2)36-28-29-46-44(30-36)49(31-37-20-9-10-21-38(37)39-22-11-13-25-42(39)49)43-26-15-24-41-40-23-12-14-27-45(40)52(46)47(41)43/h3,5-7,9-30H,1,4,8,31H2,2H3/t49-/m1/s1. The zero-order valence-electron chi connectivity index (χ0n) is 29.2. The van der Waals surface area contributed by atoms with Gasteiger partial charge in [-0.05, 0) is 88.9 Å². The molecule has 1 atom stereocenters. The molecule has 0 saturated carbocycles. The lowest BCUT2D eigenvalue weighted by Gasteiger charge is -2.45. The van der Waals surface area contributed by atoms with Crippen LogP contribution in [0.5, 0.6) is 0 Å². The Morgan fingerprint density at radius 1 is 0.654 bits per heavy atom. The van der Waals surface area contributed by atoms with Crippen LogP contribution >= 0.6 is 0 Å². The number of aliphatic imine (C=N–C) groups is 2. The van der Waals surface area contributed by atoms with E-state index in [0.717, 1.165) is 41.7 Å². The third-order valence-electron chi connectivity index (χ3n) is 11.3. The second kappa shape index (κ2) is 11.9. The molecule has 0 bridgehead atoms. The van der Waals surface area contributed by atoms with Crippen molar-refractivity contribution in [3.05, 3.63) is 203 Å². The van der Waals surface area contributed by atoms with Crippen LogP contribution in [0.4, 0.5) is 0 Å². The second-order valence-electron chi connectivity index (χ2n) is 14.2. The van der Waals surface area contributed by atoms with E-state index in [1.54, 1.807) is 0 Å². The molecule has 3 nitrogen and oxygen atoms in total. The highest BCUT2D eigenvalue weighted by atomic mass is 15.0. The third kappa shape index (κ3) is 4.52. The molecule has 0 amide bonds. The van der Waals surface area contributed by atoms with Gasteiger partial charge in [-0.15, -0.1) is 0 Å². The van der Waals surface area contributed by atoms with Gasteiger partial charge >= 0.3 is 0 Å². The number of nitrogens with zero attached hydrogens (tertiary/aromatic N) is 3. The van der Waals surface area contributed by atoms with Gasteiger partial charge in [0.15, 0.2) is 5.84 Å². The average molecular weight is 668 g/mol. The number of amidine groups is 1. The molecular formula is C49H37N3. The Morgan fingerprint density at radius 3 is 2.27 bits per heavy atom. The van der Waals surface area contributed by atoms with Gasteiger partial charge in [0.2, 0.25) is 0 Å². The highest BCUT2D eigenvalue weighted by molar-refractivity contribution is 6.15. The van der Waals surface area contributed by atoms with E-state index in [4.69, 9.17) is 9.98 Å². The van der Waals surface area contributed by atoms with Gasteiger partial charge in [-0.3, -0.25) is 0 Å². The van der Waals surface area contributed by atoms with E-state index in [9.17, 15) is 0 Å². The number of allylic oxidation sites excluding steroid dienone is 2. The number of benzene rings is 6. The van der Waals surface area contributed by atoms with Crippen LogP contribution in [0, 0.1) is 0 Å². The SMILES string of the molecule is C=C(N=C(N=C(C)c1ccc2c(c1)[C@@]1(Cc3ccccc3-c3ccccc31)c1cccc3c4ccccc4n-2c13)C1=CCCC=C1)c1ccccc1. The minimum Gasteiger partial charge on any atom is -0.309 e. The maximum atomic E-state index is 5.30. The molecule has 1 aromatic heterocycles. The third-order valence-corrected chi connectivity index (χ3v) is 11.3. The maximum absolute atomic E-state index is 5.30. The first-order valence-electron chi connectivity index (χ1n) is 18.2. The lowest BCUT2D eigenvalue weighted by atomic mass is 9.59. The summed E-state index contributed by atoms with van der Waals surface area (Å²) in [4.78, 5) is 10.4. The summed E-state index contributed by atoms with van der Waals surface area (Å²) in [5, 5.41) is 2.58. The minimum absolute atomic E-state index is 0.409. The van der Waals surface area contributed by atoms with Crippen molar-refractivity contribution in [2.75, 3.05) is 0 Å². The highest BCUT2D eigenvalue weighted by Gasteiger charge is 2.47. The first-order valence-corrected chi connectivity index (χ1v) is 18.2. The van der Waals surface area contributed by atoms with Gasteiger partial charge in [-0.1, -0.05) is 146 Å². The summed E-state index contributed by atoms with van der Waals surface area (Å²) in [6, 6.07) is 51.0. The zero-order valence-corrected chi connectivity index (χ0v) is 29.2. The smallest absolute Gasteiger partial charge is 0.159 e. The summed E-state index contributed by atoms with van der Waals surface area (Å²) in [7, 11) is 0. The predicted octanol–water partition coefficient (Wildman–Crippen LogP) is 11.8. The van der Waals surface area contributed by atoms with Gasteiger partial charge in [-0.25, -0.2) is 9.98 Å². The van der Waals surface area contributed by atoms with Crippen LogP contribution < -0.4 is 0 Å². The van der Waals surface area contributed by atoms with Gasteiger partial charge < -0.3 is 4.57 Å². The molecule has 2 heterocycles. The Labute approximate surface area is 304 Å². The molecule has 0 fully saturated rings. The van der Waals surface area contributed by atoms with E-state index in [2.05, 4.69) is 145 Å². The number of hydrogen-bond donors (Lipinski definition) is 0. The number of para-hydroxylation sites is 2. The topological polar surface area (TPSA) is 29.6 Å². The predicted molar refractivity (Wildman–Crippen MR) is 218 cm³/mol. The number of aromatic nitrogens is 1. The van der Waals surface area contributed by atoms with E-state index >= 15 is 0 Å². The Balaban J connectivity index is 1.23. The fourth-order valence-electron chi connectivity index (χ4n) is 8.92. The molecule has 10 rings (SSSR count). The summed E-state index contributed by atoms with van der Waals surface area (Å²) >= 11 is 0. The van der Waals surface area contributed by atoms with Crippen molar-refractivity contribution >= 4 is 39.1 Å². The van der Waals surface area contributed by atoms with Crippen LogP contribution in [-0.4, -0.2) is 16.1 Å². The van der Waals surface area contributed by atoms with Crippen molar-refractivity contribution in [1.82, 2.24) is 4.57 Å². The molecular weight excluding hydrogens is 631 g/mol. The monoisotopic (exact) mass is 667 g/mol. The van der Waals surface area contributed by atoms with Crippen LogP contribution in [0.1, 0.15) is 53.1 Å². The van der Waals surface area contributed by atoms with E-state index in [1.807, 2.05) is 30.3 Å². The van der Waals surface area contributed by atoms with Crippen LogP contribution in [0.15, 0.2) is 180 Å². The Hall–Kier alpha value is -6.32. The summed E-state index contributed by atoms with van der Waals surface area (Å²) in [6.07, 6.45) is 9.47. The molecule has 6 aromatic carbocycles. The van der Waals surface area contributed by atoms with Gasteiger partial charge in [0.05, 0.1) is 27.8 Å². The zero-order chi connectivity index (χ0) is 34.8. The van der Waals surface area contributed by atoms with Crippen molar-refractivity contribution < 1.29 is 0 Å². The fraction of sp³-hybridized carbons (Fsp3) is 0.102. The summed E-state index contributed by atoms with van der Waals surface area (Å²) < 4.78 is 2.51. The summed E-state index contributed by atoms with van der Waals surface area (Å²) in [5.74, 6) is 0.690. The first kappa shape index (κ1) is 30.5. The Bertz CT molecular complexity index is 2740. The molecule has 7 aromatic rings. The Morgan fingerprint density at radius 2 is 1.40 bits per heavy atom. The van der Waals surface area contributed by atoms with Crippen molar-refractivity contribution in [3.63, 3.8) is 0 Å². The van der Waals surface area contributed by atoms with Crippen LogP contribution in [0.3, 0.4) is 0 Å². The number of rotatable bonds is 4. The highest BCUT2D eigenvalue weighted by Crippen LogP contribution is 2.57. The Kier molecular flexibility index (Phi) is 6.97. The van der Waals surface area contributed by atoms with Crippen LogP contribution in [-0.2, 0) is 11.8 Å². The molecule has 2 aliphatic carbocycles. The molecule has 1 aliphatic heterocycles. The molecule has 52 heavy (non-hydrogen) atoms. The van der Waals surface area contributed by atoms with E-state index in [1.165, 1.54) is 60.9 Å². The quantitative estimate of drug-likeness (QED) is 0.132. The number of hydrogen-bond acceptors (Lipinski definition) is 1. The molecule has 0 unspecified atom stereocenters. The first-order chi connectivity index (χ1) is 25.6. The van der Waals surface area contributed by atoms with Gasteiger partial charge in [-0.2, -0.15) is 0 Å². The summed E-state index contributed by atoms with van der Waals surface area (Å²) in [5.41, 5.74) is 16.1. The second-order valence-corrected chi connectivity index (χ2v) is 14.2. The molecule has 1 spiro atoms. The van der Waals surface area contributed by atoms with E-state index in [0.29, 0.717) is 11.5 Å². The largest absolute Gasteiger partial charge is 0.309 e. The number of fused-ring (bicyclic) bond motifs is 11. The molecule has 0 N–H and O–H groups in total. The fourth-order valence-corrected chi connectivity index (χ4v) is 8.92. The van der Waals surface area contributed by atoms with E-state index in [-0.39, 0.29) is 0 Å². The molecule has 3 heteroatoms.